The molecule has 0 bridgehead atoms. The lowest BCUT2D eigenvalue weighted by molar-refractivity contribution is -0.308. The van der Waals surface area contributed by atoms with E-state index in [1.807, 2.05) is 20.8 Å². The highest BCUT2D eigenvalue weighted by atomic mass is 35.5. The van der Waals surface area contributed by atoms with Crippen LogP contribution in [-0.4, -0.2) is 23.8 Å². The molecule has 30 heavy (non-hydrogen) atoms. The number of halogens is 1. The first-order chi connectivity index (χ1) is 14.2. The van der Waals surface area contributed by atoms with E-state index in [-0.39, 0.29) is 18.0 Å². The van der Waals surface area contributed by atoms with Gasteiger partial charge in [0.05, 0.1) is 12.0 Å². The maximum atomic E-state index is 12.8. The van der Waals surface area contributed by atoms with Crippen LogP contribution in [0.25, 0.3) is 6.08 Å². The third kappa shape index (κ3) is 6.74. The molecule has 0 spiro atoms. The molecule has 0 heterocycles. The molecular weight excluding hydrogens is 404 g/mol. The van der Waals surface area contributed by atoms with Crippen LogP contribution in [0.15, 0.2) is 54.2 Å². The van der Waals surface area contributed by atoms with Gasteiger partial charge in [0.1, 0.15) is 5.70 Å². The second-order valence-corrected chi connectivity index (χ2v) is 7.78. The van der Waals surface area contributed by atoms with E-state index in [0.717, 1.165) is 5.56 Å². The van der Waals surface area contributed by atoms with Gasteiger partial charge in [-0.3, -0.25) is 9.59 Å². The molecule has 2 aromatic carbocycles. The molecule has 1 atom stereocenters. The number of nitrogens with one attached hydrogen (secondary N) is 2. The Kier molecular flexibility index (Phi) is 8.18. The molecule has 2 aromatic rings. The fourth-order valence-electron chi connectivity index (χ4n) is 2.73. The Morgan fingerprint density at radius 1 is 1.07 bits per heavy atom. The van der Waals surface area contributed by atoms with Gasteiger partial charge < -0.3 is 20.5 Å². The maximum Gasteiger partial charge on any atom is 0.268 e. The third-order valence-corrected chi connectivity index (χ3v) is 4.65. The standard InChI is InChI=1S/C23H25ClN2O4/c1-14(2)12-20(23(29)30)26-22(28)19(13-17-6-4-5-7-18(17)24)25-21(27)16-10-8-15(3)9-11-16/h4-11,13-14,20H,12H2,1-3H3,(H,25,27)(H,26,28)(H,29,30)/p-1/b19-13+/t20-/m1/s1. The van der Waals surface area contributed by atoms with E-state index in [2.05, 4.69) is 10.6 Å². The molecule has 0 unspecified atom stereocenters. The van der Waals surface area contributed by atoms with E-state index < -0.39 is 23.8 Å². The van der Waals surface area contributed by atoms with Gasteiger partial charge in [-0.1, -0.05) is 61.3 Å². The molecule has 0 radical (unpaired) electrons. The molecule has 2 amide bonds. The topological polar surface area (TPSA) is 98.3 Å². The number of carboxylic acid groups (broad SMARTS) is 1. The molecule has 6 nitrogen and oxygen atoms in total. The zero-order valence-corrected chi connectivity index (χ0v) is 17.8. The monoisotopic (exact) mass is 427 g/mol. The number of carbonyl (C=O) groups is 3. The summed E-state index contributed by atoms with van der Waals surface area (Å²) in [6, 6.07) is 12.4. The minimum absolute atomic E-state index is 0.0198. The van der Waals surface area contributed by atoms with Gasteiger partial charge in [0.15, 0.2) is 0 Å². The van der Waals surface area contributed by atoms with Gasteiger partial charge in [0.2, 0.25) is 0 Å². The fraction of sp³-hybridized carbons (Fsp3) is 0.261. The van der Waals surface area contributed by atoms with Crippen molar-refractivity contribution >= 4 is 35.5 Å². The lowest BCUT2D eigenvalue weighted by atomic mass is 10.0. The van der Waals surface area contributed by atoms with Crippen LogP contribution in [0.2, 0.25) is 5.02 Å². The summed E-state index contributed by atoms with van der Waals surface area (Å²) in [7, 11) is 0. The number of hydrogen-bond acceptors (Lipinski definition) is 4. The summed E-state index contributed by atoms with van der Waals surface area (Å²) in [6.45, 7) is 5.57. The van der Waals surface area contributed by atoms with Crippen LogP contribution in [0.3, 0.4) is 0 Å². The smallest absolute Gasteiger partial charge is 0.268 e. The Hall–Kier alpha value is -3.12. The predicted octanol–water partition coefficient (Wildman–Crippen LogP) is 2.70. The van der Waals surface area contributed by atoms with Crippen molar-refractivity contribution in [3.05, 3.63) is 75.9 Å². The molecule has 0 saturated heterocycles. The summed E-state index contributed by atoms with van der Waals surface area (Å²) >= 11 is 6.18. The number of carboxylic acids is 1. The van der Waals surface area contributed by atoms with Crippen molar-refractivity contribution in [3.63, 3.8) is 0 Å². The van der Waals surface area contributed by atoms with E-state index in [0.29, 0.717) is 16.1 Å². The Morgan fingerprint density at radius 3 is 2.27 bits per heavy atom. The van der Waals surface area contributed by atoms with Crippen LogP contribution in [0.1, 0.15) is 41.8 Å². The van der Waals surface area contributed by atoms with Gasteiger partial charge in [-0.15, -0.1) is 0 Å². The predicted molar refractivity (Wildman–Crippen MR) is 114 cm³/mol. The van der Waals surface area contributed by atoms with E-state index >= 15 is 0 Å². The van der Waals surface area contributed by atoms with E-state index in [4.69, 9.17) is 11.6 Å². The van der Waals surface area contributed by atoms with Crippen LogP contribution in [0.4, 0.5) is 0 Å². The SMILES string of the molecule is Cc1ccc(C(=O)N/C(=C/c2ccccc2Cl)C(=O)N[C@H](CC(C)C)C(=O)[O-])cc1. The summed E-state index contributed by atoms with van der Waals surface area (Å²) in [5.41, 5.74) is 1.73. The number of benzene rings is 2. The van der Waals surface area contributed by atoms with Gasteiger partial charge in [-0.2, -0.15) is 0 Å². The molecule has 0 aliphatic heterocycles. The minimum atomic E-state index is -1.39. The average Bonchev–Trinajstić information content (AvgIpc) is 2.68. The minimum Gasteiger partial charge on any atom is -0.548 e. The Balaban J connectivity index is 2.34. The zero-order valence-electron chi connectivity index (χ0n) is 17.1. The highest BCUT2D eigenvalue weighted by Gasteiger charge is 2.20. The number of rotatable bonds is 8. The molecule has 0 aliphatic carbocycles. The highest BCUT2D eigenvalue weighted by Crippen LogP contribution is 2.18. The Labute approximate surface area is 180 Å². The number of aryl methyl sites for hydroxylation is 1. The quantitative estimate of drug-likeness (QED) is 0.633. The van der Waals surface area contributed by atoms with Crippen LogP contribution in [-0.2, 0) is 9.59 Å². The van der Waals surface area contributed by atoms with Crippen LogP contribution in [0, 0.1) is 12.8 Å². The van der Waals surface area contributed by atoms with Gasteiger partial charge in [0.25, 0.3) is 11.8 Å². The van der Waals surface area contributed by atoms with Gasteiger partial charge in [-0.05, 0) is 49.1 Å². The highest BCUT2D eigenvalue weighted by molar-refractivity contribution is 6.32. The van der Waals surface area contributed by atoms with E-state index in [1.165, 1.54) is 6.08 Å². The molecular formula is C23H24ClN2O4-. The van der Waals surface area contributed by atoms with Crippen molar-refractivity contribution in [2.75, 3.05) is 0 Å². The van der Waals surface area contributed by atoms with Crippen LogP contribution < -0.4 is 15.7 Å². The summed E-state index contributed by atoms with van der Waals surface area (Å²) in [5.74, 6) is -2.62. The molecule has 158 valence electrons. The van der Waals surface area contributed by atoms with Crippen LogP contribution in [0.5, 0.6) is 0 Å². The zero-order chi connectivity index (χ0) is 22.3. The summed E-state index contributed by atoms with van der Waals surface area (Å²) < 4.78 is 0. The van der Waals surface area contributed by atoms with Crippen molar-refractivity contribution in [2.24, 2.45) is 5.92 Å². The second kappa shape index (κ2) is 10.6. The number of carbonyl (C=O) groups excluding carboxylic acids is 3. The first kappa shape index (κ1) is 23.2. The first-order valence-corrected chi connectivity index (χ1v) is 9.91. The average molecular weight is 428 g/mol. The molecule has 2 rings (SSSR count). The van der Waals surface area contributed by atoms with Crippen molar-refractivity contribution < 1.29 is 19.5 Å². The molecule has 0 fully saturated rings. The normalized spacial score (nSPS) is 12.4. The second-order valence-electron chi connectivity index (χ2n) is 7.37. The van der Waals surface area contributed by atoms with E-state index in [1.54, 1.807) is 48.5 Å². The van der Waals surface area contributed by atoms with Crippen molar-refractivity contribution in [1.29, 1.82) is 0 Å². The Morgan fingerprint density at radius 2 is 1.70 bits per heavy atom. The lowest BCUT2D eigenvalue weighted by Gasteiger charge is -2.22. The first-order valence-electron chi connectivity index (χ1n) is 9.53. The molecule has 0 aliphatic rings. The largest absolute Gasteiger partial charge is 0.548 e. The van der Waals surface area contributed by atoms with Gasteiger partial charge in [0, 0.05) is 10.6 Å². The lowest BCUT2D eigenvalue weighted by Crippen LogP contribution is -2.50. The van der Waals surface area contributed by atoms with Crippen molar-refractivity contribution in [2.45, 2.75) is 33.2 Å². The fourth-order valence-corrected chi connectivity index (χ4v) is 2.92. The maximum absolute atomic E-state index is 12.8. The molecule has 7 heteroatoms. The summed E-state index contributed by atoms with van der Waals surface area (Å²) in [4.78, 5) is 36.9. The number of hydrogen-bond donors (Lipinski definition) is 2. The van der Waals surface area contributed by atoms with Crippen molar-refractivity contribution in [1.82, 2.24) is 10.6 Å². The summed E-state index contributed by atoms with van der Waals surface area (Å²) in [6.07, 6.45) is 1.60. The van der Waals surface area contributed by atoms with Crippen LogP contribution >= 0.6 is 11.6 Å². The van der Waals surface area contributed by atoms with E-state index in [9.17, 15) is 19.5 Å². The van der Waals surface area contributed by atoms with Gasteiger partial charge >= 0.3 is 0 Å². The number of aliphatic carboxylic acids is 1. The molecule has 0 saturated carbocycles. The Bertz CT molecular complexity index is 952. The number of amides is 2. The van der Waals surface area contributed by atoms with Gasteiger partial charge in [-0.25, -0.2) is 0 Å². The summed E-state index contributed by atoms with van der Waals surface area (Å²) in [5, 5.41) is 16.8. The third-order valence-electron chi connectivity index (χ3n) is 4.31. The molecule has 0 aromatic heterocycles. The molecule has 2 N–H and O–H groups in total. The van der Waals surface area contributed by atoms with Crippen molar-refractivity contribution in [3.8, 4) is 0 Å².